The molecule has 0 saturated carbocycles. The van der Waals surface area contributed by atoms with Crippen LogP contribution < -0.4 is 0 Å². The summed E-state index contributed by atoms with van der Waals surface area (Å²) >= 11 is 12.4. The third-order valence-electron chi connectivity index (χ3n) is 4.95. The van der Waals surface area contributed by atoms with E-state index in [2.05, 4.69) is 58.6 Å². The summed E-state index contributed by atoms with van der Waals surface area (Å²) in [6.07, 6.45) is 15.0. The van der Waals surface area contributed by atoms with Gasteiger partial charge in [0.2, 0.25) is 0 Å². The van der Waals surface area contributed by atoms with Gasteiger partial charge in [-0.1, -0.05) is 59.7 Å². The van der Waals surface area contributed by atoms with Gasteiger partial charge in [-0.05, 0) is 73.2 Å². The Morgan fingerprint density at radius 2 is 1.41 bits per heavy atom. The zero-order chi connectivity index (χ0) is 19.0. The first-order chi connectivity index (χ1) is 12.9. The van der Waals surface area contributed by atoms with Gasteiger partial charge in [-0.15, -0.1) is 0 Å². The number of allylic oxidation sites excluding steroid dienone is 8. The normalized spacial score (nSPS) is 16.9. The molecule has 4 heteroatoms. The van der Waals surface area contributed by atoms with Crippen molar-refractivity contribution >= 4 is 23.2 Å². The first-order valence-corrected chi connectivity index (χ1v) is 9.73. The number of fused-ring (bicyclic) bond motifs is 1. The molecule has 0 spiro atoms. The standard InChI is InChI=1S/C23H20Cl2N2/c1-15-8-17(10-21(24)26-15)12-23(7-6-19-4-3-5-20(19)14-23)13-18-9-16(2)27-22(25)11-18/h3-11,14H,12-13H2,1-2H3. The van der Waals surface area contributed by atoms with Crippen LogP contribution in [0.1, 0.15) is 22.5 Å². The van der Waals surface area contributed by atoms with Gasteiger partial charge >= 0.3 is 0 Å². The van der Waals surface area contributed by atoms with E-state index in [4.69, 9.17) is 23.2 Å². The van der Waals surface area contributed by atoms with E-state index < -0.39 is 0 Å². The van der Waals surface area contributed by atoms with Crippen LogP contribution in [0.5, 0.6) is 0 Å². The lowest BCUT2D eigenvalue weighted by molar-refractivity contribution is 0.479. The van der Waals surface area contributed by atoms with Gasteiger partial charge in [0, 0.05) is 16.8 Å². The molecule has 0 bridgehead atoms. The van der Waals surface area contributed by atoms with E-state index in [0.29, 0.717) is 10.3 Å². The van der Waals surface area contributed by atoms with E-state index in [-0.39, 0.29) is 5.41 Å². The van der Waals surface area contributed by atoms with E-state index in [0.717, 1.165) is 24.2 Å². The molecule has 2 heterocycles. The maximum Gasteiger partial charge on any atom is 0.129 e. The number of nitrogens with zero attached hydrogens (tertiary/aromatic N) is 2. The summed E-state index contributed by atoms with van der Waals surface area (Å²) in [6, 6.07) is 8.15. The van der Waals surface area contributed by atoms with Gasteiger partial charge in [0.05, 0.1) is 0 Å². The van der Waals surface area contributed by atoms with Crippen molar-refractivity contribution in [3.63, 3.8) is 0 Å². The smallest absolute Gasteiger partial charge is 0.129 e. The van der Waals surface area contributed by atoms with Crippen LogP contribution in [0, 0.1) is 19.3 Å². The molecule has 2 nitrogen and oxygen atoms in total. The molecule has 0 radical (unpaired) electrons. The average molecular weight is 395 g/mol. The molecule has 27 heavy (non-hydrogen) atoms. The summed E-state index contributed by atoms with van der Waals surface area (Å²) in [6.45, 7) is 3.95. The summed E-state index contributed by atoms with van der Waals surface area (Å²) < 4.78 is 0. The molecule has 0 saturated heterocycles. The Hall–Kier alpha value is -2.16. The number of hydrogen-bond donors (Lipinski definition) is 0. The van der Waals surface area contributed by atoms with Crippen molar-refractivity contribution in [2.24, 2.45) is 5.41 Å². The van der Waals surface area contributed by atoms with E-state index in [1.165, 1.54) is 22.3 Å². The van der Waals surface area contributed by atoms with Crippen LogP contribution in [0.15, 0.2) is 71.9 Å². The minimum Gasteiger partial charge on any atom is -0.241 e. The molecule has 0 amide bonds. The molecule has 0 atom stereocenters. The second-order valence-electron chi connectivity index (χ2n) is 7.38. The van der Waals surface area contributed by atoms with Crippen molar-refractivity contribution in [1.82, 2.24) is 9.97 Å². The Bertz CT molecular complexity index is 935. The minimum absolute atomic E-state index is 0.157. The zero-order valence-corrected chi connectivity index (χ0v) is 16.8. The number of pyridine rings is 2. The Morgan fingerprint density at radius 3 is 1.96 bits per heavy atom. The molecule has 0 aliphatic heterocycles. The van der Waals surface area contributed by atoms with Crippen molar-refractivity contribution in [2.75, 3.05) is 0 Å². The van der Waals surface area contributed by atoms with Crippen LogP contribution in [-0.2, 0) is 12.8 Å². The van der Waals surface area contributed by atoms with Crippen LogP contribution in [-0.4, -0.2) is 9.97 Å². The molecular weight excluding hydrogens is 375 g/mol. The van der Waals surface area contributed by atoms with E-state index in [1.54, 1.807) is 0 Å². The van der Waals surface area contributed by atoms with E-state index in [9.17, 15) is 0 Å². The number of aryl methyl sites for hydroxylation is 2. The largest absolute Gasteiger partial charge is 0.241 e. The number of aromatic nitrogens is 2. The molecule has 0 unspecified atom stereocenters. The zero-order valence-electron chi connectivity index (χ0n) is 15.3. The molecule has 0 N–H and O–H groups in total. The molecule has 0 aromatic carbocycles. The first-order valence-electron chi connectivity index (χ1n) is 8.98. The van der Waals surface area contributed by atoms with Crippen molar-refractivity contribution in [1.29, 1.82) is 0 Å². The van der Waals surface area contributed by atoms with Gasteiger partial charge in [0.25, 0.3) is 0 Å². The van der Waals surface area contributed by atoms with Crippen LogP contribution >= 0.6 is 23.2 Å². The third-order valence-corrected chi connectivity index (χ3v) is 5.34. The van der Waals surface area contributed by atoms with Crippen LogP contribution in [0.3, 0.4) is 0 Å². The highest BCUT2D eigenvalue weighted by atomic mass is 35.5. The fourth-order valence-electron chi connectivity index (χ4n) is 3.98. The van der Waals surface area contributed by atoms with Crippen LogP contribution in [0.25, 0.3) is 0 Å². The second-order valence-corrected chi connectivity index (χ2v) is 8.15. The summed E-state index contributed by atoms with van der Waals surface area (Å²) in [5.74, 6) is 0. The average Bonchev–Trinajstić information content (AvgIpc) is 2.99. The quantitative estimate of drug-likeness (QED) is 0.579. The summed E-state index contributed by atoms with van der Waals surface area (Å²) in [4.78, 5) is 8.59. The van der Waals surface area contributed by atoms with Gasteiger partial charge in [0.1, 0.15) is 10.3 Å². The molecule has 2 aromatic heterocycles. The highest BCUT2D eigenvalue weighted by molar-refractivity contribution is 6.29. The first kappa shape index (κ1) is 18.2. The topological polar surface area (TPSA) is 25.8 Å². The third kappa shape index (κ3) is 4.07. The van der Waals surface area contributed by atoms with Crippen molar-refractivity contribution in [3.05, 3.63) is 105 Å². The van der Waals surface area contributed by atoms with Gasteiger partial charge in [-0.3, -0.25) is 0 Å². The van der Waals surface area contributed by atoms with Crippen molar-refractivity contribution in [2.45, 2.75) is 26.7 Å². The predicted octanol–water partition coefficient (Wildman–Crippen LogP) is 6.16. The van der Waals surface area contributed by atoms with Gasteiger partial charge < -0.3 is 0 Å². The number of hydrogen-bond acceptors (Lipinski definition) is 2. The maximum atomic E-state index is 6.21. The molecule has 136 valence electrons. The Morgan fingerprint density at radius 1 is 0.815 bits per heavy atom. The minimum atomic E-state index is -0.157. The molecular formula is C23H20Cl2N2. The van der Waals surface area contributed by atoms with Crippen LogP contribution in [0.2, 0.25) is 10.3 Å². The van der Waals surface area contributed by atoms with Gasteiger partial charge in [0.15, 0.2) is 0 Å². The molecule has 0 fully saturated rings. The van der Waals surface area contributed by atoms with Gasteiger partial charge in [-0.2, -0.15) is 0 Å². The lowest BCUT2D eigenvalue weighted by Crippen LogP contribution is -2.24. The highest BCUT2D eigenvalue weighted by Crippen LogP contribution is 2.40. The van der Waals surface area contributed by atoms with E-state index >= 15 is 0 Å². The Kier molecular flexibility index (Phi) is 4.79. The summed E-state index contributed by atoms with van der Waals surface area (Å²) in [5.41, 5.74) is 6.61. The Labute approximate surface area is 170 Å². The lowest BCUT2D eigenvalue weighted by Gasteiger charge is -2.32. The molecule has 4 rings (SSSR count). The van der Waals surface area contributed by atoms with Gasteiger partial charge in [-0.25, -0.2) is 9.97 Å². The Balaban J connectivity index is 1.76. The predicted molar refractivity (Wildman–Crippen MR) is 112 cm³/mol. The highest BCUT2D eigenvalue weighted by Gasteiger charge is 2.30. The summed E-state index contributed by atoms with van der Waals surface area (Å²) in [5, 5.41) is 1.08. The van der Waals surface area contributed by atoms with Crippen molar-refractivity contribution in [3.8, 4) is 0 Å². The SMILES string of the molecule is Cc1cc(CC2(Cc3cc(C)nc(Cl)c3)C=CC3=CC=CC3=C2)cc(Cl)n1. The second kappa shape index (κ2) is 7.10. The maximum absolute atomic E-state index is 6.21. The number of rotatable bonds is 4. The van der Waals surface area contributed by atoms with Crippen LogP contribution in [0.4, 0.5) is 0 Å². The monoisotopic (exact) mass is 394 g/mol. The fourth-order valence-corrected chi connectivity index (χ4v) is 4.53. The lowest BCUT2D eigenvalue weighted by atomic mass is 9.72. The van der Waals surface area contributed by atoms with Crippen molar-refractivity contribution < 1.29 is 0 Å². The molecule has 2 aromatic rings. The number of halogens is 2. The summed E-state index contributed by atoms with van der Waals surface area (Å²) in [7, 11) is 0. The fraction of sp³-hybridized carbons (Fsp3) is 0.217. The molecule has 2 aliphatic rings. The van der Waals surface area contributed by atoms with E-state index in [1.807, 2.05) is 26.0 Å². The molecule has 2 aliphatic carbocycles.